The van der Waals surface area contributed by atoms with Gasteiger partial charge in [0.2, 0.25) is 5.91 Å². The number of hydrogen-bond donors (Lipinski definition) is 2. The van der Waals surface area contributed by atoms with Crippen LogP contribution >= 0.6 is 0 Å². The fraction of sp³-hybridized carbons (Fsp3) is 0.381. The number of nitrogens with two attached hydrogens (primary N) is 1. The molecule has 0 bridgehead atoms. The van der Waals surface area contributed by atoms with Crippen LogP contribution in [0.2, 0.25) is 0 Å². The average Bonchev–Trinajstić information content (AvgIpc) is 2.68. The van der Waals surface area contributed by atoms with Crippen molar-refractivity contribution < 1.29 is 9.59 Å². The van der Waals surface area contributed by atoms with Gasteiger partial charge in [0.25, 0.3) is 5.91 Å². The normalized spacial score (nSPS) is 15.7. The van der Waals surface area contributed by atoms with E-state index in [1.54, 1.807) is 24.5 Å². The van der Waals surface area contributed by atoms with Crippen LogP contribution in [0.5, 0.6) is 0 Å². The number of nitrogens with one attached hydrogen (secondary N) is 1. The SMILES string of the molecule is CC(C)N1CCC(C(=O)Nc2ccc(-c3cccnc3)cc2C(N)=O)CC1. The van der Waals surface area contributed by atoms with E-state index in [9.17, 15) is 9.59 Å². The molecule has 0 spiro atoms. The Morgan fingerprint density at radius 1 is 1.19 bits per heavy atom. The predicted molar refractivity (Wildman–Crippen MR) is 106 cm³/mol. The summed E-state index contributed by atoms with van der Waals surface area (Å²) in [6.07, 6.45) is 5.06. The number of likely N-dealkylation sites (tertiary alicyclic amines) is 1. The topological polar surface area (TPSA) is 88.3 Å². The Bertz CT molecular complexity index is 812. The van der Waals surface area contributed by atoms with Gasteiger partial charge in [0.05, 0.1) is 11.3 Å². The summed E-state index contributed by atoms with van der Waals surface area (Å²) in [5.41, 5.74) is 8.05. The van der Waals surface area contributed by atoms with E-state index in [4.69, 9.17) is 5.73 Å². The van der Waals surface area contributed by atoms with E-state index in [1.807, 2.05) is 18.2 Å². The van der Waals surface area contributed by atoms with E-state index in [0.717, 1.165) is 37.1 Å². The maximum absolute atomic E-state index is 12.7. The quantitative estimate of drug-likeness (QED) is 0.852. The zero-order valence-corrected chi connectivity index (χ0v) is 15.8. The first-order valence-electron chi connectivity index (χ1n) is 9.35. The van der Waals surface area contributed by atoms with Gasteiger partial charge in [-0.15, -0.1) is 0 Å². The second-order valence-corrected chi connectivity index (χ2v) is 7.26. The van der Waals surface area contributed by atoms with Crippen LogP contribution in [0.1, 0.15) is 37.0 Å². The summed E-state index contributed by atoms with van der Waals surface area (Å²) in [4.78, 5) is 31.1. The minimum absolute atomic E-state index is 0.0428. The highest BCUT2D eigenvalue weighted by Crippen LogP contribution is 2.26. The van der Waals surface area contributed by atoms with E-state index >= 15 is 0 Å². The van der Waals surface area contributed by atoms with Crippen LogP contribution in [0, 0.1) is 5.92 Å². The summed E-state index contributed by atoms with van der Waals surface area (Å²) in [5.74, 6) is -0.653. The molecule has 0 unspecified atom stereocenters. The van der Waals surface area contributed by atoms with Gasteiger partial charge in [-0.1, -0.05) is 12.1 Å². The number of rotatable bonds is 5. The van der Waals surface area contributed by atoms with Gasteiger partial charge >= 0.3 is 0 Å². The first-order chi connectivity index (χ1) is 13.0. The third kappa shape index (κ3) is 4.52. The highest BCUT2D eigenvalue weighted by Gasteiger charge is 2.26. The molecule has 2 amide bonds. The molecule has 1 aromatic heterocycles. The number of benzene rings is 1. The highest BCUT2D eigenvalue weighted by molar-refractivity contribution is 6.04. The van der Waals surface area contributed by atoms with Gasteiger partial charge in [0, 0.05) is 29.9 Å². The monoisotopic (exact) mass is 366 g/mol. The molecule has 3 N–H and O–H groups in total. The van der Waals surface area contributed by atoms with E-state index < -0.39 is 5.91 Å². The maximum atomic E-state index is 12.7. The summed E-state index contributed by atoms with van der Waals surface area (Å²) in [6, 6.07) is 9.54. The summed E-state index contributed by atoms with van der Waals surface area (Å²) in [7, 11) is 0. The van der Waals surface area contributed by atoms with Crippen molar-refractivity contribution in [3.63, 3.8) is 0 Å². The Balaban J connectivity index is 1.75. The van der Waals surface area contributed by atoms with E-state index in [0.29, 0.717) is 17.3 Å². The first kappa shape index (κ1) is 19.0. The fourth-order valence-corrected chi connectivity index (χ4v) is 3.48. The second-order valence-electron chi connectivity index (χ2n) is 7.26. The van der Waals surface area contributed by atoms with Crippen molar-refractivity contribution in [1.29, 1.82) is 0 Å². The Morgan fingerprint density at radius 3 is 2.52 bits per heavy atom. The van der Waals surface area contributed by atoms with Gasteiger partial charge in [0.1, 0.15) is 0 Å². The number of aromatic nitrogens is 1. The molecule has 2 heterocycles. The molecule has 2 aromatic rings. The second kappa shape index (κ2) is 8.31. The van der Waals surface area contributed by atoms with Crippen LogP contribution in [0.15, 0.2) is 42.7 Å². The lowest BCUT2D eigenvalue weighted by Gasteiger charge is -2.34. The molecule has 6 nitrogen and oxygen atoms in total. The van der Waals surface area contributed by atoms with Gasteiger partial charge in [-0.2, -0.15) is 0 Å². The van der Waals surface area contributed by atoms with Crippen molar-refractivity contribution in [2.45, 2.75) is 32.7 Å². The molecule has 27 heavy (non-hydrogen) atoms. The van der Waals surface area contributed by atoms with Crippen molar-refractivity contribution >= 4 is 17.5 Å². The maximum Gasteiger partial charge on any atom is 0.250 e. The third-order valence-electron chi connectivity index (χ3n) is 5.17. The van der Waals surface area contributed by atoms with Crippen LogP contribution in [-0.4, -0.2) is 40.8 Å². The zero-order chi connectivity index (χ0) is 19.4. The van der Waals surface area contributed by atoms with Crippen molar-refractivity contribution in [2.75, 3.05) is 18.4 Å². The summed E-state index contributed by atoms with van der Waals surface area (Å²) >= 11 is 0. The molecule has 1 aliphatic heterocycles. The summed E-state index contributed by atoms with van der Waals surface area (Å²) in [6.45, 7) is 6.17. The van der Waals surface area contributed by atoms with Gasteiger partial charge in [-0.3, -0.25) is 14.6 Å². The first-order valence-corrected chi connectivity index (χ1v) is 9.35. The van der Waals surface area contributed by atoms with Gasteiger partial charge in [-0.25, -0.2) is 0 Å². The number of piperidine rings is 1. The molecule has 0 saturated carbocycles. The number of pyridine rings is 1. The van der Waals surface area contributed by atoms with Gasteiger partial charge in [0.15, 0.2) is 0 Å². The lowest BCUT2D eigenvalue weighted by atomic mass is 9.94. The van der Waals surface area contributed by atoms with Crippen LogP contribution in [0.4, 0.5) is 5.69 Å². The fourth-order valence-electron chi connectivity index (χ4n) is 3.48. The number of anilines is 1. The molecule has 1 aliphatic rings. The molecule has 6 heteroatoms. The Kier molecular flexibility index (Phi) is 5.86. The minimum atomic E-state index is -0.564. The summed E-state index contributed by atoms with van der Waals surface area (Å²) < 4.78 is 0. The molecule has 1 aromatic carbocycles. The third-order valence-corrected chi connectivity index (χ3v) is 5.17. The van der Waals surface area contributed by atoms with Gasteiger partial charge < -0.3 is 16.0 Å². The molecule has 3 rings (SSSR count). The van der Waals surface area contributed by atoms with Gasteiger partial charge in [-0.05, 0) is 63.5 Å². The van der Waals surface area contributed by atoms with Crippen LogP contribution in [0.25, 0.3) is 11.1 Å². The zero-order valence-electron chi connectivity index (χ0n) is 15.8. The van der Waals surface area contributed by atoms with E-state index in [-0.39, 0.29) is 11.8 Å². The number of primary amides is 1. The van der Waals surface area contributed by atoms with E-state index in [2.05, 4.69) is 29.0 Å². The average molecular weight is 366 g/mol. The molecule has 0 atom stereocenters. The van der Waals surface area contributed by atoms with E-state index in [1.165, 1.54) is 0 Å². The standard InChI is InChI=1S/C21H26N4O2/c1-14(2)25-10-7-15(8-11-25)21(27)24-19-6-5-16(12-18(19)20(22)26)17-4-3-9-23-13-17/h3-6,9,12-15H,7-8,10-11H2,1-2H3,(H2,22,26)(H,24,27). The number of carbonyl (C=O) groups excluding carboxylic acids is 2. The van der Waals surface area contributed by atoms with Crippen molar-refractivity contribution in [3.8, 4) is 11.1 Å². The minimum Gasteiger partial charge on any atom is -0.366 e. The lowest BCUT2D eigenvalue weighted by molar-refractivity contribution is -0.121. The summed E-state index contributed by atoms with van der Waals surface area (Å²) in [5, 5.41) is 2.91. The Hall–Kier alpha value is -2.73. The molecule has 0 radical (unpaired) electrons. The highest BCUT2D eigenvalue weighted by atomic mass is 16.2. The molecule has 142 valence electrons. The molecule has 0 aliphatic carbocycles. The smallest absolute Gasteiger partial charge is 0.250 e. The van der Waals surface area contributed by atoms with Crippen molar-refractivity contribution in [3.05, 3.63) is 48.3 Å². The Labute approximate surface area is 159 Å². The Morgan fingerprint density at radius 2 is 1.93 bits per heavy atom. The number of amides is 2. The number of hydrogen-bond acceptors (Lipinski definition) is 4. The largest absolute Gasteiger partial charge is 0.366 e. The molecular formula is C21H26N4O2. The number of carbonyl (C=O) groups is 2. The molecule has 1 saturated heterocycles. The van der Waals surface area contributed by atoms with Crippen LogP contribution < -0.4 is 11.1 Å². The number of nitrogens with zero attached hydrogens (tertiary/aromatic N) is 2. The predicted octanol–water partition coefficient (Wildman–Crippen LogP) is 2.91. The van der Waals surface area contributed by atoms with Crippen LogP contribution in [-0.2, 0) is 4.79 Å². The van der Waals surface area contributed by atoms with Crippen molar-refractivity contribution in [1.82, 2.24) is 9.88 Å². The molecule has 1 fully saturated rings. The molecular weight excluding hydrogens is 340 g/mol. The van der Waals surface area contributed by atoms with Crippen molar-refractivity contribution in [2.24, 2.45) is 11.7 Å². The van der Waals surface area contributed by atoms with Crippen LogP contribution in [0.3, 0.4) is 0 Å². The lowest BCUT2D eigenvalue weighted by Crippen LogP contribution is -2.41.